The summed E-state index contributed by atoms with van der Waals surface area (Å²) in [5.41, 5.74) is 5.90. The van der Waals surface area contributed by atoms with Gasteiger partial charge in [0.15, 0.2) is 0 Å². The van der Waals surface area contributed by atoms with Crippen LogP contribution in [0.1, 0.15) is 13.3 Å². The Balaban J connectivity index is 1.92. The molecule has 0 aromatic carbocycles. The van der Waals surface area contributed by atoms with Crippen molar-refractivity contribution in [3.05, 3.63) is 0 Å². The maximum absolute atomic E-state index is 12.1. The smallest absolute Gasteiger partial charge is 0.279 e. The second kappa shape index (κ2) is 4.63. The average molecular weight is 243 g/mol. The molecule has 2 saturated heterocycles. The molecule has 2 aliphatic heterocycles. The highest BCUT2D eigenvalue weighted by Gasteiger charge is 2.34. The van der Waals surface area contributed by atoms with E-state index in [1.807, 2.05) is 4.90 Å². The SMILES string of the molecule is CC1CN(C(=O)C2CSC(=O)N2)CCC1N. The normalized spacial score (nSPS) is 35.0. The fourth-order valence-electron chi connectivity index (χ4n) is 2.10. The van der Waals surface area contributed by atoms with Gasteiger partial charge < -0.3 is 16.0 Å². The fraction of sp³-hybridized carbons (Fsp3) is 0.800. The Morgan fingerprint density at radius 1 is 1.62 bits per heavy atom. The van der Waals surface area contributed by atoms with Crippen molar-refractivity contribution >= 4 is 22.9 Å². The number of likely N-dealkylation sites (tertiary alicyclic amines) is 1. The largest absolute Gasteiger partial charge is 0.341 e. The zero-order chi connectivity index (χ0) is 11.7. The van der Waals surface area contributed by atoms with E-state index in [4.69, 9.17) is 5.73 Å². The Labute approximate surface area is 99.1 Å². The minimum Gasteiger partial charge on any atom is -0.341 e. The number of amides is 2. The highest BCUT2D eigenvalue weighted by Crippen LogP contribution is 2.19. The molecular weight excluding hydrogens is 226 g/mol. The van der Waals surface area contributed by atoms with Gasteiger partial charge in [-0.1, -0.05) is 18.7 Å². The zero-order valence-corrected chi connectivity index (χ0v) is 10.1. The van der Waals surface area contributed by atoms with Crippen molar-refractivity contribution in [2.24, 2.45) is 11.7 Å². The number of piperidine rings is 1. The van der Waals surface area contributed by atoms with E-state index in [1.165, 1.54) is 11.8 Å². The first-order chi connectivity index (χ1) is 7.58. The van der Waals surface area contributed by atoms with Gasteiger partial charge in [-0.2, -0.15) is 0 Å². The Bertz CT molecular complexity index is 310. The average Bonchev–Trinajstić information content (AvgIpc) is 2.68. The molecule has 0 spiro atoms. The molecule has 0 radical (unpaired) electrons. The number of carbonyl (C=O) groups excluding carboxylic acids is 2. The Hall–Kier alpha value is -0.750. The predicted molar refractivity (Wildman–Crippen MR) is 63.1 cm³/mol. The summed E-state index contributed by atoms with van der Waals surface area (Å²) >= 11 is 1.18. The maximum atomic E-state index is 12.1. The standard InChI is InChI=1S/C10H17N3O2S/c1-6-4-13(3-2-7(6)11)9(14)8-5-16-10(15)12-8/h6-8H,2-5,11H2,1H3,(H,12,15). The quantitative estimate of drug-likeness (QED) is 0.680. The highest BCUT2D eigenvalue weighted by molar-refractivity contribution is 8.14. The zero-order valence-electron chi connectivity index (χ0n) is 9.31. The monoisotopic (exact) mass is 243 g/mol. The summed E-state index contributed by atoms with van der Waals surface area (Å²) in [6.07, 6.45) is 0.848. The molecule has 2 rings (SSSR count). The van der Waals surface area contributed by atoms with Gasteiger partial charge in [0.2, 0.25) is 5.91 Å². The lowest BCUT2D eigenvalue weighted by Crippen LogP contribution is -2.53. The van der Waals surface area contributed by atoms with Crippen molar-refractivity contribution in [2.75, 3.05) is 18.8 Å². The van der Waals surface area contributed by atoms with Crippen molar-refractivity contribution in [1.29, 1.82) is 0 Å². The van der Waals surface area contributed by atoms with Gasteiger partial charge in [-0.05, 0) is 12.3 Å². The van der Waals surface area contributed by atoms with Gasteiger partial charge in [-0.15, -0.1) is 0 Å². The van der Waals surface area contributed by atoms with E-state index in [9.17, 15) is 9.59 Å². The molecule has 3 atom stereocenters. The van der Waals surface area contributed by atoms with Gasteiger partial charge in [0.25, 0.3) is 5.24 Å². The van der Waals surface area contributed by atoms with E-state index in [2.05, 4.69) is 12.2 Å². The van der Waals surface area contributed by atoms with Gasteiger partial charge in [0, 0.05) is 24.9 Å². The summed E-state index contributed by atoms with van der Waals surface area (Å²) in [5, 5.41) is 2.58. The Morgan fingerprint density at radius 3 is 2.94 bits per heavy atom. The van der Waals surface area contributed by atoms with Gasteiger partial charge in [0.05, 0.1) is 0 Å². The van der Waals surface area contributed by atoms with Crippen LogP contribution in [-0.4, -0.2) is 47.0 Å². The molecule has 6 heteroatoms. The van der Waals surface area contributed by atoms with Crippen molar-refractivity contribution in [3.8, 4) is 0 Å². The van der Waals surface area contributed by atoms with Crippen LogP contribution in [0.4, 0.5) is 4.79 Å². The first-order valence-electron chi connectivity index (χ1n) is 5.55. The minimum atomic E-state index is -0.334. The van der Waals surface area contributed by atoms with E-state index in [-0.39, 0.29) is 23.2 Å². The minimum absolute atomic E-state index is 0.0390. The third kappa shape index (κ3) is 2.32. The van der Waals surface area contributed by atoms with E-state index < -0.39 is 0 Å². The number of nitrogens with zero attached hydrogens (tertiary/aromatic N) is 1. The van der Waals surface area contributed by atoms with E-state index in [1.54, 1.807) is 0 Å². The van der Waals surface area contributed by atoms with Crippen LogP contribution < -0.4 is 11.1 Å². The molecule has 2 amide bonds. The van der Waals surface area contributed by atoms with Gasteiger partial charge in [0.1, 0.15) is 6.04 Å². The topological polar surface area (TPSA) is 75.4 Å². The molecule has 0 saturated carbocycles. The number of nitrogens with two attached hydrogens (primary N) is 1. The van der Waals surface area contributed by atoms with Crippen LogP contribution in [0.2, 0.25) is 0 Å². The number of carbonyl (C=O) groups is 2. The summed E-state index contributed by atoms with van der Waals surface area (Å²) in [5.74, 6) is 0.925. The van der Waals surface area contributed by atoms with Crippen molar-refractivity contribution < 1.29 is 9.59 Å². The van der Waals surface area contributed by atoms with Crippen LogP contribution in [0, 0.1) is 5.92 Å². The van der Waals surface area contributed by atoms with E-state index in [0.29, 0.717) is 24.8 Å². The molecule has 2 heterocycles. The number of hydrogen-bond acceptors (Lipinski definition) is 4. The van der Waals surface area contributed by atoms with Crippen LogP contribution in [0.25, 0.3) is 0 Å². The molecule has 5 nitrogen and oxygen atoms in total. The summed E-state index contributed by atoms with van der Waals surface area (Å²) in [6, 6.07) is -0.143. The van der Waals surface area contributed by atoms with Crippen LogP contribution in [0.3, 0.4) is 0 Å². The van der Waals surface area contributed by atoms with Gasteiger partial charge in [-0.25, -0.2) is 0 Å². The lowest BCUT2D eigenvalue weighted by molar-refractivity contribution is -0.134. The van der Waals surface area contributed by atoms with Crippen LogP contribution in [0.5, 0.6) is 0 Å². The molecule has 0 aromatic rings. The molecule has 90 valence electrons. The van der Waals surface area contributed by atoms with Crippen molar-refractivity contribution in [2.45, 2.75) is 25.4 Å². The number of thioether (sulfide) groups is 1. The van der Waals surface area contributed by atoms with Crippen molar-refractivity contribution in [3.63, 3.8) is 0 Å². The first-order valence-corrected chi connectivity index (χ1v) is 6.54. The van der Waals surface area contributed by atoms with Crippen LogP contribution >= 0.6 is 11.8 Å². The van der Waals surface area contributed by atoms with Gasteiger partial charge in [-0.3, -0.25) is 9.59 Å². The van der Waals surface area contributed by atoms with Crippen molar-refractivity contribution in [1.82, 2.24) is 10.2 Å². The molecule has 2 aliphatic rings. The predicted octanol–water partition coefficient (Wildman–Crippen LogP) is 0.00710. The third-order valence-electron chi connectivity index (χ3n) is 3.25. The Morgan fingerprint density at radius 2 is 2.38 bits per heavy atom. The van der Waals surface area contributed by atoms with E-state index >= 15 is 0 Å². The third-order valence-corrected chi connectivity index (χ3v) is 4.13. The first kappa shape index (κ1) is 11.7. The van der Waals surface area contributed by atoms with Gasteiger partial charge >= 0.3 is 0 Å². The molecule has 3 unspecified atom stereocenters. The van der Waals surface area contributed by atoms with E-state index in [0.717, 1.165) is 6.42 Å². The summed E-state index contributed by atoms with van der Waals surface area (Å²) in [7, 11) is 0. The fourth-order valence-corrected chi connectivity index (χ4v) is 2.87. The lowest BCUT2D eigenvalue weighted by Gasteiger charge is -2.36. The molecule has 0 aromatic heterocycles. The summed E-state index contributed by atoms with van der Waals surface area (Å²) < 4.78 is 0. The molecular formula is C10H17N3O2S. The molecule has 0 bridgehead atoms. The Kier molecular flexibility index (Phi) is 3.39. The summed E-state index contributed by atoms with van der Waals surface area (Å²) in [4.78, 5) is 24.9. The summed E-state index contributed by atoms with van der Waals surface area (Å²) in [6.45, 7) is 3.48. The second-order valence-corrected chi connectivity index (χ2v) is 5.50. The van der Waals surface area contributed by atoms with Crippen LogP contribution in [-0.2, 0) is 4.79 Å². The molecule has 3 N–H and O–H groups in total. The lowest BCUT2D eigenvalue weighted by atomic mass is 9.94. The molecule has 2 fully saturated rings. The molecule has 0 aliphatic carbocycles. The molecule has 16 heavy (non-hydrogen) atoms. The number of rotatable bonds is 1. The second-order valence-electron chi connectivity index (χ2n) is 4.51. The van der Waals surface area contributed by atoms with Crippen LogP contribution in [0.15, 0.2) is 0 Å². The number of nitrogens with one attached hydrogen (secondary N) is 1. The highest BCUT2D eigenvalue weighted by atomic mass is 32.2. The number of hydrogen-bond donors (Lipinski definition) is 2. The maximum Gasteiger partial charge on any atom is 0.279 e.